The molecule has 0 fully saturated rings. The van der Waals surface area contributed by atoms with Gasteiger partial charge in [0.15, 0.2) is 0 Å². The Balaban J connectivity index is 2.29. The lowest BCUT2D eigenvalue weighted by molar-refractivity contribution is 0.0953. The third-order valence-electron chi connectivity index (χ3n) is 3.02. The lowest BCUT2D eigenvalue weighted by atomic mass is 10.1. The molecule has 4 heteroatoms. The third-order valence-corrected chi connectivity index (χ3v) is 3.33. The van der Waals surface area contributed by atoms with E-state index in [1.54, 1.807) is 0 Å². The van der Waals surface area contributed by atoms with Crippen molar-refractivity contribution in [2.75, 3.05) is 31.3 Å². The summed E-state index contributed by atoms with van der Waals surface area (Å²) in [7, 11) is 3.97. The van der Waals surface area contributed by atoms with Gasteiger partial charge >= 0.3 is 0 Å². The molecule has 0 radical (unpaired) electrons. The molecule has 0 aliphatic rings. The van der Waals surface area contributed by atoms with Crippen LogP contribution in [0, 0.1) is 0 Å². The summed E-state index contributed by atoms with van der Waals surface area (Å²) in [5.41, 5.74) is 1.82. The second kappa shape index (κ2) is 8.86. The molecule has 0 unspecified atom stereocenters. The van der Waals surface area contributed by atoms with Crippen molar-refractivity contribution in [2.45, 2.75) is 25.7 Å². The Morgan fingerprint density at radius 2 is 1.74 bits per heavy atom. The fourth-order valence-electron chi connectivity index (χ4n) is 1.81. The SMILES string of the molecule is CN(C)c1ccc(C(=O)NCCCCCCS)cc1. The summed E-state index contributed by atoms with van der Waals surface area (Å²) in [6, 6.07) is 7.65. The van der Waals surface area contributed by atoms with Crippen LogP contribution in [0.3, 0.4) is 0 Å². The second-order valence-corrected chi connectivity index (χ2v) is 5.28. The van der Waals surface area contributed by atoms with Crippen LogP contribution in [0.4, 0.5) is 5.69 Å². The highest BCUT2D eigenvalue weighted by Crippen LogP contribution is 2.12. The number of hydrogen-bond acceptors (Lipinski definition) is 3. The Bertz CT molecular complexity index is 376. The van der Waals surface area contributed by atoms with Gasteiger partial charge in [0.1, 0.15) is 0 Å². The molecule has 1 aromatic carbocycles. The Morgan fingerprint density at radius 1 is 1.11 bits per heavy atom. The molecule has 0 spiro atoms. The first-order valence-corrected chi connectivity index (χ1v) is 7.45. The van der Waals surface area contributed by atoms with Gasteiger partial charge in [0.2, 0.25) is 0 Å². The maximum Gasteiger partial charge on any atom is 0.251 e. The maximum atomic E-state index is 11.9. The first-order chi connectivity index (χ1) is 9.15. The Hall–Kier alpha value is -1.16. The quantitative estimate of drug-likeness (QED) is 0.567. The van der Waals surface area contributed by atoms with Crippen LogP contribution in [0.2, 0.25) is 0 Å². The van der Waals surface area contributed by atoms with Crippen molar-refractivity contribution in [1.29, 1.82) is 0 Å². The fraction of sp³-hybridized carbons (Fsp3) is 0.533. The van der Waals surface area contributed by atoms with Crippen molar-refractivity contribution in [3.63, 3.8) is 0 Å². The van der Waals surface area contributed by atoms with E-state index in [1.807, 2.05) is 43.3 Å². The zero-order valence-corrected chi connectivity index (χ0v) is 12.7. The predicted molar refractivity (Wildman–Crippen MR) is 85.4 cm³/mol. The molecular formula is C15H24N2OS. The molecule has 1 aromatic rings. The van der Waals surface area contributed by atoms with Crippen molar-refractivity contribution >= 4 is 24.2 Å². The molecule has 0 saturated carbocycles. The van der Waals surface area contributed by atoms with Gasteiger partial charge < -0.3 is 10.2 Å². The van der Waals surface area contributed by atoms with E-state index >= 15 is 0 Å². The van der Waals surface area contributed by atoms with Crippen LogP contribution in [-0.2, 0) is 0 Å². The number of carbonyl (C=O) groups excluding carboxylic acids is 1. The van der Waals surface area contributed by atoms with Gasteiger partial charge in [0.25, 0.3) is 5.91 Å². The number of nitrogens with one attached hydrogen (secondary N) is 1. The van der Waals surface area contributed by atoms with E-state index < -0.39 is 0 Å². The Kier molecular flexibility index (Phi) is 7.41. The average Bonchev–Trinajstić information content (AvgIpc) is 2.42. The molecule has 0 atom stereocenters. The van der Waals surface area contributed by atoms with Crippen molar-refractivity contribution in [3.05, 3.63) is 29.8 Å². The van der Waals surface area contributed by atoms with Gasteiger partial charge in [-0.2, -0.15) is 12.6 Å². The zero-order chi connectivity index (χ0) is 14.1. The normalized spacial score (nSPS) is 10.3. The smallest absolute Gasteiger partial charge is 0.251 e. The summed E-state index contributed by atoms with van der Waals surface area (Å²) in [6.45, 7) is 0.751. The van der Waals surface area contributed by atoms with E-state index in [9.17, 15) is 4.79 Å². The lowest BCUT2D eigenvalue weighted by Gasteiger charge is -2.12. The highest BCUT2D eigenvalue weighted by molar-refractivity contribution is 7.80. The summed E-state index contributed by atoms with van der Waals surface area (Å²) < 4.78 is 0. The molecule has 0 aromatic heterocycles. The van der Waals surface area contributed by atoms with E-state index in [4.69, 9.17) is 0 Å². The van der Waals surface area contributed by atoms with Crippen LogP contribution < -0.4 is 10.2 Å². The van der Waals surface area contributed by atoms with E-state index in [2.05, 4.69) is 17.9 Å². The Morgan fingerprint density at radius 3 is 2.32 bits per heavy atom. The van der Waals surface area contributed by atoms with E-state index in [1.165, 1.54) is 6.42 Å². The van der Waals surface area contributed by atoms with Crippen molar-refractivity contribution in [1.82, 2.24) is 5.32 Å². The number of rotatable bonds is 8. The Labute approximate surface area is 121 Å². The highest BCUT2D eigenvalue weighted by atomic mass is 32.1. The van der Waals surface area contributed by atoms with Crippen LogP contribution in [0.1, 0.15) is 36.0 Å². The molecule has 0 heterocycles. The van der Waals surface area contributed by atoms with E-state index in [0.29, 0.717) is 0 Å². The minimum Gasteiger partial charge on any atom is -0.378 e. The highest BCUT2D eigenvalue weighted by Gasteiger charge is 2.04. The molecule has 3 nitrogen and oxygen atoms in total. The van der Waals surface area contributed by atoms with Gasteiger partial charge in [0.05, 0.1) is 0 Å². The molecular weight excluding hydrogens is 256 g/mol. The molecule has 0 bridgehead atoms. The summed E-state index contributed by atoms with van der Waals surface area (Å²) in [6.07, 6.45) is 4.54. The van der Waals surface area contributed by atoms with Gasteiger partial charge in [-0.15, -0.1) is 0 Å². The predicted octanol–water partition coefficient (Wildman–Crippen LogP) is 2.97. The van der Waals surface area contributed by atoms with Crippen LogP contribution in [-0.4, -0.2) is 32.3 Å². The summed E-state index contributed by atoms with van der Waals surface area (Å²) in [5.74, 6) is 0.962. The van der Waals surface area contributed by atoms with Gasteiger partial charge in [-0.3, -0.25) is 4.79 Å². The minimum absolute atomic E-state index is 0.0134. The van der Waals surface area contributed by atoms with Crippen molar-refractivity contribution in [2.24, 2.45) is 0 Å². The van der Waals surface area contributed by atoms with Crippen LogP contribution >= 0.6 is 12.6 Å². The van der Waals surface area contributed by atoms with E-state index in [0.717, 1.165) is 42.8 Å². The number of amides is 1. The molecule has 0 aliphatic heterocycles. The minimum atomic E-state index is 0.0134. The number of carbonyl (C=O) groups is 1. The average molecular weight is 280 g/mol. The summed E-state index contributed by atoms with van der Waals surface area (Å²) >= 11 is 4.18. The van der Waals surface area contributed by atoms with Gasteiger partial charge in [-0.25, -0.2) is 0 Å². The molecule has 0 aliphatic carbocycles. The van der Waals surface area contributed by atoms with Crippen molar-refractivity contribution < 1.29 is 4.79 Å². The van der Waals surface area contributed by atoms with Crippen LogP contribution in [0.15, 0.2) is 24.3 Å². The summed E-state index contributed by atoms with van der Waals surface area (Å²) in [5, 5.41) is 2.95. The third kappa shape index (κ3) is 6.01. The van der Waals surface area contributed by atoms with Crippen LogP contribution in [0.25, 0.3) is 0 Å². The first-order valence-electron chi connectivity index (χ1n) is 6.81. The number of benzene rings is 1. The lowest BCUT2D eigenvalue weighted by Crippen LogP contribution is -2.24. The molecule has 19 heavy (non-hydrogen) atoms. The standard InChI is InChI=1S/C15H24N2OS/c1-17(2)14-9-7-13(8-10-14)15(18)16-11-5-3-4-6-12-19/h7-10,19H,3-6,11-12H2,1-2H3,(H,16,18). The second-order valence-electron chi connectivity index (χ2n) is 4.84. The number of unbranched alkanes of at least 4 members (excludes halogenated alkanes) is 3. The molecule has 0 saturated heterocycles. The zero-order valence-electron chi connectivity index (χ0n) is 11.9. The molecule has 106 valence electrons. The van der Waals surface area contributed by atoms with Crippen molar-refractivity contribution in [3.8, 4) is 0 Å². The number of anilines is 1. The largest absolute Gasteiger partial charge is 0.378 e. The van der Waals surface area contributed by atoms with Gasteiger partial charge in [0, 0.05) is 31.9 Å². The number of hydrogen-bond donors (Lipinski definition) is 2. The number of nitrogens with zero attached hydrogens (tertiary/aromatic N) is 1. The molecule has 1 amide bonds. The summed E-state index contributed by atoms with van der Waals surface area (Å²) in [4.78, 5) is 13.9. The van der Waals surface area contributed by atoms with Gasteiger partial charge in [-0.1, -0.05) is 12.8 Å². The maximum absolute atomic E-state index is 11.9. The first kappa shape index (κ1) is 15.9. The molecule has 1 N–H and O–H groups in total. The fourth-order valence-corrected chi connectivity index (χ4v) is 2.03. The number of thiol groups is 1. The van der Waals surface area contributed by atoms with Gasteiger partial charge in [-0.05, 0) is 42.9 Å². The monoisotopic (exact) mass is 280 g/mol. The van der Waals surface area contributed by atoms with E-state index in [-0.39, 0.29) is 5.91 Å². The molecule has 1 rings (SSSR count). The van der Waals surface area contributed by atoms with Crippen LogP contribution in [0.5, 0.6) is 0 Å². The topological polar surface area (TPSA) is 32.3 Å².